The SMILES string of the molecule is C[C@H]1CNCCN1C(=O)C1CCCN(c2ncnc3sccc23)C1. The summed E-state index contributed by atoms with van der Waals surface area (Å²) in [5.41, 5.74) is 0. The number of piperidine rings is 1. The minimum Gasteiger partial charge on any atom is -0.355 e. The fourth-order valence-corrected chi connectivity index (χ4v) is 4.53. The molecule has 4 rings (SSSR count). The van der Waals surface area contributed by atoms with Gasteiger partial charge in [-0.25, -0.2) is 9.97 Å². The van der Waals surface area contributed by atoms with Gasteiger partial charge in [0.25, 0.3) is 0 Å². The van der Waals surface area contributed by atoms with Gasteiger partial charge in [0.2, 0.25) is 5.91 Å². The van der Waals surface area contributed by atoms with Crippen molar-refractivity contribution in [3.63, 3.8) is 0 Å². The van der Waals surface area contributed by atoms with Crippen LogP contribution in [-0.2, 0) is 4.79 Å². The second-order valence-electron chi connectivity index (χ2n) is 6.71. The maximum absolute atomic E-state index is 13.0. The van der Waals surface area contributed by atoms with Crippen LogP contribution in [0.15, 0.2) is 17.8 Å². The van der Waals surface area contributed by atoms with Crippen LogP contribution >= 0.6 is 11.3 Å². The predicted octanol–water partition coefficient (Wildman–Crippen LogP) is 1.73. The van der Waals surface area contributed by atoms with Crippen LogP contribution in [0.5, 0.6) is 0 Å². The molecule has 1 amide bonds. The Hall–Kier alpha value is -1.73. The minimum atomic E-state index is 0.0722. The van der Waals surface area contributed by atoms with Crippen LogP contribution in [0.3, 0.4) is 0 Å². The molecule has 4 heterocycles. The summed E-state index contributed by atoms with van der Waals surface area (Å²) in [6, 6.07) is 2.36. The van der Waals surface area contributed by atoms with E-state index in [0.717, 1.165) is 61.6 Å². The van der Waals surface area contributed by atoms with Crippen molar-refractivity contribution in [3.8, 4) is 0 Å². The van der Waals surface area contributed by atoms with Crippen LogP contribution in [0.2, 0.25) is 0 Å². The predicted molar refractivity (Wildman–Crippen MR) is 96.4 cm³/mol. The van der Waals surface area contributed by atoms with E-state index >= 15 is 0 Å². The highest BCUT2D eigenvalue weighted by Gasteiger charge is 2.33. The van der Waals surface area contributed by atoms with E-state index in [1.54, 1.807) is 17.7 Å². The number of carbonyl (C=O) groups excluding carboxylic acids is 1. The minimum absolute atomic E-state index is 0.0722. The lowest BCUT2D eigenvalue weighted by atomic mass is 9.95. The molecule has 2 atom stereocenters. The molecule has 2 fully saturated rings. The van der Waals surface area contributed by atoms with Gasteiger partial charge in [-0.1, -0.05) is 0 Å². The quantitative estimate of drug-likeness (QED) is 0.898. The molecule has 1 unspecified atom stereocenters. The summed E-state index contributed by atoms with van der Waals surface area (Å²) in [5, 5.41) is 6.51. The first-order valence-electron chi connectivity index (χ1n) is 8.68. The second-order valence-corrected chi connectivity index (χ2v) is 7.60. The lowest BCUT2D eigenvalue weighted by Crippen LogP contribution is -2.55. The molecular weight excluding hydrogens is 322 g/mol. The molecule has 1 N–H and O–H groups in total. The lowest BCUT2D eigenvalue weighted by molar-refractivity contribution is -0.138. The molecular formula is C17H23N5OS. The third-order valence-electron chi connectivity index (χ3n) is 5.10. The molecule has 0 bridgehead atoms. The van der Waals surface area contributed by atoms with Crippen molar-refractivity contribution in [2.24, 2.45) is 5.92 Å². The topological polar surface area (TPSA) is 61.4 Å². The average Bonchev–Trinajstić information content (AvgIpc) is 3.10. The number of hydrogen-bond donors (Lipinski definition) is 1. The molecule has 2 aliphatic heterocycles. The van der Waals surface area contributed by atoms with E-state index in [1.165, 1.54) is 0 Å². The first-order valence-corrected chi connectivity index (χ1v) is 9.56. The summed E-state index contributed by atoms with van der Waals surface area (Å²) in [6.07, 6.45) is 3.65. The van der Waals surface area contributed by atoms with Gasteiger partial charge in [0.15, 0.2) is 0 Å². The highest BCUT2D eigenvalue weighted by Crippen LogP contribution is 2.30. The number of anilines is 1. The van der Waals surface area contributed by atoms with Gasteiger partial charge in [-0.3, -0.25) is 4.79 Å². The lowest BCUT2D eigenvalue weighted by Gasteiger charge is -2.39. The summed E-state index contributed by atoms with van der Waals surface area (Å²) >= 11 is 1.64. The maximum atomic E-state index is 13.0. The average molecular weight is 345 g/mol. The van der Waals surface area contributed by atoms with Gasteiger partial charge in [-0.15, -0.1) is 11.3 Å². The Morgan fingerprint density at radius 3 is 3.17 bits per heavy atom. The van der Waals surface area contributed by atoms with E-state index in [2.05, 4.69) is 43.5 Å². The van der Waals surface area contributed by atoms with Crippen LogP contribution in [0, 0.1) is 5.92 Å². The van der Waals surface area contributed by atoms with Crippen LogP contribution in [0.1, 0.15) is 19.8 Å². The van der Waals surface area contributed by atoms with Gasteiger partial charge < -0.3 is 15.1 Å². The van der Waals surface area contributed by atoms with Crippen LogP contribution < -0.4 is 10.2 Å². The van der Waals surface area contributed by atoms with Gasteiger partial charge in [-0.2, -0.15) is 0 Å². The smallest absolute Gasteiger partial charge is 0.227 e. The molecule has 0 radical (unpaired) electrons. The van der Waals surface area contributed by atoms with Gasteiger partial charge in [-0.05, 0) is 31.2 Å². The molecule has 0 saturated carbocycles. The van der Waals surface area contributed by atoms with E-state index < -0.39 is 0 Å². The Morgan fingerprint density at radius 1 is 1.38 bits per heavy atom. The van der Waals surface area contributed by atoms with Gasteiger partial charge >= 0.3 is 0 Å². The number of nitrogens with one attached hydrogen (secondary N) is 1. The second kappa shape index (κ2) is 6.64. The number of carbonyl (C=O) groups is 1. The third-order valence-corrected chi connectivity index (χ3v) is 5.92. The highest BCUT2D eigenvalue weighted by atomic mass is 32.1. The maximum Gasteiger partial charge on any atom is 0.227 e. The molecule has 128 valence electrons. The molecule has 2 aromatic heterocycles. The van der Waals surface area contributed by atoms with Gasteiger partial charge in [0, 0.05) is 38.8 Å². The Balaban J connectivity index is 1.53. The molecule has 0 aromatic carbocycles. The summed E-state index contributed by atoms with van der Waals surface area (Å²) < 4.78 is 0. The summed E-state index contributed by atoms with van der Waals surface area (Å²) in [4.78, 5) is 27.2. The highest BCUT2D eigenvalue weighted by molar-refractivity contribution is 7.16. The third kappa shape index (κ3) is 2.86. The van der Waals surface area contributed by atoms with Crippen molar-refractivity contribution < 1.29 is 4.79 Å². The molecule has 2 aliphatic rings. The largest absolute Gasteiger partial charge is 0.355 e. The van der Waals surface area contributed by atoms with Crippen LogP contribution in [-0.4, -0.2) is 59.5 Å². The summed E-state index contributed by atoms with van der Waals surface area (Å²) in [5.74, 6) is 1.36. The fourth-order valence-electron chi connectivity index (χ4n) is 3.80. The molecule has 24 heavy (non-hydrogen) atoms. The molecule has 6 nitrogen and oxygen atoms in total. The van der Waals surface area contributed by atoms with Crippen LogP contribution in [0.25, 0.3) is 10.2 Å². The number of piperazine rings is 1. The van der Waals surface area contributed by atoms with E-state index in [0.29, 0.717) is 5.91 Å². The zero-order valence-corrected chi connectivity index (χ0v) is 14.8. The molecule has 0 aliphatic carbocycles. The standard InChI is InChI=1S/C17H23N5OS/c1-12-9-18-5-7-22(12)17(23)13-3-2-6-21(10-13)15-14-4-8-24-16(14)20-11-19-15/h4,8,11-13,18H,2-3,5-7,9-10H2,1H3/t12-,13?/m0/s1. The van der Waals surface area contributed by atoms with Gasteiger partial charge in [0.1, 0.15) is 17.0 Å². The van der Waals surface area contributed by atoms with Crippen molar-refractivity contribution in [1.29, 1.82) is 0 Å². The number of thiophene rings is 1. The van der Waals surface area contributed by atoms with Crippen molar-refractivity contribution in [2.75, 3.05) is 37.6 Å². The Kier molecular flexibility index (Phi) is 4.37. The zero-order valence-electron chi connectivity index (χ0n) is 13.9. The van der Waals surface area contributed by atoms with E-state index in [9.17, 15) is 4.79 Å². The van der Waals surface area contributed by atoms with Crippen LogP contribution in [0.4, 0.5) is 5.82 Å². The first kappa shape index (κ1) is 15.8. The number of nitrogens with zero attached hydrogens (tertiary/aromatic N) is 4. The first-order chi connectivity index (χ1) is 11.7. The Morgan fingerprint density at radius 2 is 2.29 bits per heavy atom. The van der Waals surface area contributed by atoms with Gasteiger partial charge in [0.05, 0.1) is 11.3 Å². The number of aromatic nitrogens is 2. The number of hydrogen-bond acceptors (Lipinski definition) is 6. The van der Waals surface area contributed by atoms with Crippen molar-refractivity contribution >= 4 is 33.3 Å². The number of fused-ring (bicyclic) bond motifs is 1. The van der Waals surface area contributed by atoms with E-state index in [-0.39, 0.29) is 12.0 Å². The zero-order chi connectivity index (χ0) is 16.5. The van der Waals surface area contributed by atoms with Crippen molar-refractivity contribution in [1.82, 2.24) is 20.2 Å². The molecule has 2 saturated heterocycles. The monoisotopic (exact) mass is 345 g/mol. The number of amides is 1. The Labute approximate surface area is 145 Å². The Bertz CT molecular complexity index is 733. The normalized spacial score (nSPS) is 25.2. The van der Waals surface area contributed by atoms with Crippen molar-refractivity contribution in [2.45, 2.75) is 25.8 Å². The molecule has 7 heteroatoms. The summed E-state index contributed by atoms with van der Waals surface area (Å²) in [6.45, 7) is 6.46. The molecule has 2 aromatic rings. The number of rotatable bonds is 2. The fraction of sp³-hybridized carbons (Fsp3) is 0.588. The summed E-state index contributed by atoms with van der Waals surface area (Å²) in [7, 11) is 0. The van der Waals surface area contributed by atoms with E-state index in [4.69, 9.17) is 0 Å². The molecule has 0 spiro atoms. The van der Waals surface area contributed by atoms with E-state index in [1.807, 2.05) is 0 Å². The van der Waals surface area contributed by atoms with Crippen molar-refractivity contribution in [3.05, 3.63) is 17.8 Å².